The summed E-state index contributed by atoms with van der Waals surface area (Å²) in [5.41, 5.74) is 1.20. The van der Waals surface area contributed by atoms with Crippen LogP contribution in [0.1, 0.15) is 101 Å². The van der Waals surface area contributed by atoms with E-state index in [2.05, 4.69) is 19.2 Å². The fourth-order valence-electron chi connectivity index (χ4n) is 3.23. The van der Waals surface area contributed by atoms with Crippen molar-refractivity contribution >= 4 is 11.7 Å². The van der Waals surface area contributed by atoms with E-state index in [0.717, 1.165) is 24.6 Å². The first-order chi connectivity index (χ1) is 12.6. The summed E-state index contributed by atoms with van der Waals surface area (Å²) in [6.07, 6.45) is 16.3. The number of carbonyl (C=O) groups is 1. The Labute approximate surface area is 189 Å². The van der Waals surface area contributed by atoms with E-state index in [1.807, 2.05) is 0 Å². The Bertz CT molecular complexity index is 474. The molecule has 0 fully saturated rings. The molecule has 1 aromatic carbocycles. The van der Waals surface area contributed by atoms with Crippen LogP contribution in [0.5, 0.6) is 0 Å². The van der Waals surface area contributed by atoms with Gasteiger partial charge in [0.15, 0.2) is 0 Å². The van der Waals surface area contributed by atoms with Crippen molar-refractivity contribution in [3.8, 4) is 0 Å². The zero-order valence-electron chi connectivity index (χ0n) is 17.9. The second-order valence-electron chi connectivity index (χ2n) is 7.86. The Hall–Kier alpha value is -0.510. The number of benzene rings is 1. The summed E-state index contributed by atoms with van der Waals surface area (Å²) in [4.78, 5) is 10.7. The summed E-state index contributed by atoms with van der Waals surface area (Å²) in [5, 5.41) is 14.0. The maximum Gasteiger partial charge on any atom is 1.00 e. The van der Waals surface area contributed by atoms with E-state index in [0.29, 0.717) is 0 Å². The molecule has 0 atom stereocenters. The second-order valence-corrected chi connectivity index (χ2v) is 7.86. The van der Waals surface area contributed by atoms with Crippen LogP contribution in [0.3, 0.4) is 0 Å². The van der Waals surface area contributed by atoms with Gasteiger partial charge in [-0.05, 0) is 30.0 Å². The number of carbonyl (C=O) groups excluding carboxylic acids is 1. The third-order valence-electron chi connectivity index (χ3n) is 4.91. The molecule has 0 bridgehead atoms. The molecule has 1 N–H and O–H groups in total. The zero-order chi connectivity index (χ0) is 19.0. The molecule has 0 radical (unpaired) electrons. The van der Waals surface area contributed by atoms with Gasteiger partial charge in [-0.15, -0.1) is 0 Å². The molecular weight excluding hydrogens is 345 g/mol. The summed E-state index contributed by atoms with van der Waals surface area (Å²) < 4.78 is 0. The Kier molecular flexibility index (Phi) is 17.2. The predicted molar refractivity (Wildman–Crippen MR) is 110 cm³/mol. The van der Waals surface area contributed by atoms with Gasteiger partial charge in [-0.25, -0.2) is 0 Å². The van der Waals surface area contributed by atoms with Crippen LogP contribution in [0.2, 0.25) is 0 Å². The predicted octanol–water partition coefficient (Wildman–Crippen LogP) is 2.80. The largest absolute Gasteiger partial charge is 1.00 e. The SMILES string of the molecule is CC(C)CCCCCCCCCCCCCNc1ccc(C(=O)[O-])cc1.[Na+]. The van der Waals surface area contributed by atoms with E-state index in [9.17, 15) is 9.90 Å². The number of unbranched alkanes of at least 4 members (excludes halogenated alkanes) is 10. The average molecular weight is 384 g/mol. The summed E-state index contributed by atoms with van der Waals surface area (Å²) in [6, 6.07) is 6.77. The van der Waals surface area contributed by atoms with Gasteiger partial charge >= 0.3 is 29.6 Å². The van der Waals surface area contributed by atoms with Crippen molar-refractivity contribution in [2.45, 2.75) is 90.9 Å². The van der Waals surface area contributed by atoms with Crippen molar-refractivity contribution in [3.63, 3.8) is 0 Å². The van der Waals surface area contributed by atoms with Crippen molar-refractivity contribution < 1.29 is 39.5 Å². The molecule has 0 aliphatic heterocycles. The van der Waals surface area contributed by atoms with Gasteiger partial charge < -0.3 is 15.2 Å². The summed E-state index contributed by atoms with van der Waals surface area (Å²) in [7, 11) is 0. The number of aromatic carboxylic acids is 1. The smallest absolute Gasteiger partial charge is 0.545 e. The maximum absolute atomic E-state index is 10.7. The first kappa shape index (κ1) is 26.5. The number of carboxylic acids is 1. The van der Waals surface area contributed by atoms with Gasteiger partial charge in [-0.3, -0.25) is 0 Å². The molecule has 4 heteroatoms. The van der Waals surface area contributed by atoms with Gasteiger partial charge in [0.2, 0.25) is 0 Å². The Morgan fingerprint density at radius 1 is 0.815 bits per heavy atom. The number of rotatable bonds is 16. The molecule has 148 valence electrons. The monoisotopic (exact) mass is 383 g/mol. The van der Waals surface area contributed by atoms with Crippen LogP contribution >= 0.6 is 0 Å². The number of hydrogen-bond donors (Lipinski definition) is 1. The molecule has 3 nitrogen and oxygen atoms in total. The molecule has 0 saturated carbocycles. The summed E-state index contributed by atoms with van der Waals surface area (Å²) in [6.45, 7) is 5.57. The molecule has 0 spiro atoms. The fourth-order valence-corrected chi connectivity index (χ4v) is 3.23. The minimum atomic E-state index is -1.12. The van der Waals surface area contributed by atoms with Crippen LogP contribution in [0.4, 0.5) is 5.69 Å². The minimum absolute atomic E-state index is 0. The summed E-state index contributed by atoms with van der Waals surface area (Å²) in [5.74, 6) is -0.261. The maximum atomic E-state index is 10.7. The molecule has 0 aromatic heterocycles. The first-order valence-electron chi connectivity index (χ1n) is 10.6. The number of nitrogens with one attached hydrogen (secondary N) is 1. The normalized spacial score (nSPS) is 10.6. The molecule has 1 rings (SSSR count). The number of carboxylic acid groups (broad SMARTS) is 1. The van der Waals surface area contributed by atoms with Crippen LogP contribution in [0.25, 0.3) is 0 Å². The molecule has 0 saturated heterocycles. The second kappa shape index (κ2) is 17.6. The van der Waals surface area contributed by atoms with Crippen molar-refractivity contribution in [3.05, 3.63) is 29.8 Å². The van der Waals surface area contributed by atoms with Crippen molar-refractivity contribution in [1.82, 2.24) is 0 Å². The Morgan fingerprint density at radius 2 is 1.26 bits per heavy atom. The number of anilines is 1. The zero-order valence-corrected chi connectivity index (χ0v) is 19.9. The standard InChI is InChI=1S/C23H39NO2.Na/c1-20(2)14-12-10-8-6-4-3-5-7-9-11-13-19-24-22-17-15-21(16-18-22)23(25)26;/h15-18,20,24H,3-14,19H2,1-2H3,(H,25,26);/q;+1/p-1. The quantitative estimate of drug-likeness (QED) is 0.353. The molecule has 0 aliphatic rings. The molecule has 0 unspecified atom stereocenters. The van der Waals surface area contributed by atoms with Crippen molar-refractivity contribution in [2.75, 3.05) is 11.9 Å². The fraction of sp³-hybridized carbons (Fsp3) is 0.696. The van der Waals surface area contributed by atoms with E-state index >= 15 is 0 Å². The van der Waals surface area contributed by atoms with E-state index < -0.39 is 5.97 Å². The van der Waals surface area contributed by atoms with Crippen molar-refractivity contribution in [2.24, 2.45) is 5.92 Å². The molecule has 1 aromatic rings. The molecular formula is C23H38NNaO2. The third-order valence-corrected chi connectivity index (χ3v) is 4.91. The van der Waals surface area contributed by atoms with Gasteiger partial charge in [-0.1, -0.05) is 96.6 Å². The average Bonchev–Trinajstić information content (AvgIpc) is 2.62. The van der Waals surface area contributed by atoms with Crippen LogP contribution in [-0.4, -0.2) is 12.5 Å². The third kappa shape index (κ3) is 15.1. The molecule has 0 heterocycles. The van der Waals surface area contributed by atoms with Crippen LogP contribution in [0.15, 0.2) is 24.3 Å². The minimum Gasteiger partial charge on any atom is -0.545 e. The van der Waals surface area contributed by atoms with E-state index in [4.69, 9.17) is 0 Å². The molecule has 0 amide bonds. The molecule has 27 heavy (non-hydrogen) atoms. The van der Waals surface area contributed by atoms with Gasteiger partial charge in [0, 0.05) is 12.2 Å². The Morgan fingerprint density at radius 3 is 1.70 bits per heavy atom. The van der Waals surface area contributed by atoms with Gasteiger partial charge in [-0.2, -0.15) is 0 Å². The number of hydrogen-bond acceptors (Lipinski definition) is 3. The van der Waals surface area contributed by atoms with Gasteiger partial charge in [0.25, 0.3) is 0 Å². The van der Waals surface area contributed by atoms with E-state index in [-0.39, 0.29) is 35.1 Å². The molecule has 0 aliphatic carbocycles. The van der Waals surface area contributed by atoms with Gasteiger partial charge in [0.05, 0.1) is 5.97 Å². The van der Waals surface area contributed by atoms with Crippen molar-refractivity contribution in [1.29, 1.82) is 0 Å². The van der Waals surface area contributed by atoms with E-state index in [1.54, 1.807) is 24.3 Å². The topological polar surface area (TPSA) is 52.2 Å². The van der Waals surface area contributed by atoms with E-state index in [1.165, 1.54) is 70.6 Å². The summed E-state index contributed by atoms with van der Waals surface area (Å²) >= 11 is 0. The van der Waals surface area contributed by atoms with Crippen LogP contribution in [0, 0.1) is 5.92 Å². The van der Waals surface area contributed by atoms with Crippen LogP contribution < -0.4 is 40.0 Å². The van der Waals surface area contributed by atoms with Crippen LogP contribution in [-0.2, 0) is 0 Å². The van der Waals surface area contributed by atoms with Gasteiger partial charge in [0.1, 0.15) is 0 Å². The Balaban J connectivity index is 0.00000676. The first-order valence-corrected chi connectivity index (χ1v) is 10.6.